The third-order valence-corrected chi connectivity index (χ3v) is 3.42. The molecule has 1 unspecified atom stereocenters. The fourth-order valence-electron chi connectivity index (χ4n) is 2.27. The first-order chi connectivity index (χ1) is 9.65. The van der Waals surface area contributed by atoms with Gasteiger partial charge in [-0.2, -0.15) is 0 Å². The maximum Gasteiger partial charge on any atom is 0.270 e. The summed E-state index contributed by atoms with van der Waals surface area (Å²) in [7, 11) is 0. The number of carbonyl (C=O) groups is 1. The first kappa shape index (κ1) is 16.3. The molecule has 0 spiro atoms. The number of nitro groups is 1. The van der Waals surface area contributed by atoms with Crippen LogP contribution in [0.25, 0.3) is 0 Å². The first-order valence-electron chi connectivity index (χ1n) is 7.35. The van der Waals surface area contributed by atoms with Crippen LogP contribution in [0.4, 0.5) is 0 Å². The van der Waals surface area contributed by atoms with Gasteiger partial charge in [0.25, 0.3) is 6.04 Å². The Morgan fingerprint density at radius 1 is 1.20 bits per heavy atom. The SMILES string of the molecule is CCCC(C(=O)CCCCCc1ccccc1)[N+](=O)[O-]. The van der Waals surface area contributed by atoms with Gasteiger partial charge < -0.3 is 0 Å². The molecule has 1 rings (SSSR count). The van der Waals surface area contributed by atoms with Crippen LogP contribution in [0, 0.1) is 10.1 Å². The molecular formula is C16H23NO3. The van der Waals surface area contributed by atoms with Crippen molar-refractivity contribution in [2.24, 2.45) is 0 Å². The summed E-state index contributed by atoms with van der Waals surface area (Å²) < 4.78 is 0. The maximum atomic E-state index is 11.8. The van der Waals surface area contributed by atoms with Crippen LogP contribution >= 0.6 is 0 Å². The molecule has 0 bridgehead atoms. The number of aryl methyl sites for hydroxylation is 1. The summed E-state index contributed by atoms with van der Waals surface area (Å²) in [5.41, 5.74) is 1.30. The number of nitrogens with zero attached hydrogens (tertiary/aromatic N) is 1. The van der Waals surface area contributed by atoms with Gasteiger partial charge in [0.05, 0.1) is 0 Å². The Morgan fingerprint density at radius 3 is 2.50 bits per heavy atom. The molecule has 0 aliphatic carbocycles. The monoisotopic (exact) mass is 277 g/mol. The fraction of sp³-hybridized carbons (Fsp3) is 0.562. The highest BCUT2D eigenvalue weighted by molar-refractivity contribution is 5.82. The second-order valence-electron chi connectivity index (χ2n) is 5.10. The van der Waals surface area contributed by atoms with E-state index in [2.05, 4.69) is 12.1 Å². The van der Waals surface area contributed by atoms with Crippen LogP contribution in [0.15, 0.2) is 30.3 Å². The Balaban J connectivity index is 2.20. The van der Waals surface area contributed by atoms with Crippen molar-refractivity contribution in [3.63, 3.8) is 0 Å². The number of Topliss-reactive ketones (excluding diaryl/α,β-unsaturated/α-hetero) is 1. The molecule has 0 saturated heterocycles. The van der Waals surface area contributed by atoms with E-state index in [1.807, 2.05) is 25.1 Å². The van der Waals surface area contributed by atoms with Crippen molar-refractivity contribution in [1.29, 1.82) is 0 Å². The zero-order valence-corrected chi connectivity index (χ0v) is 12.1. The van der Waals surface area contributed by atoms with Gasteiger partial charge in [-0.25, -0.2) is 0 Å². The van der Waals surface area contributed by atoms with E-state index in [1.54, 1.807) is 0 Å². The van der Waals surface area contributed by atoms with Gasteiger partial charge in [0, 0.05) is 17.8 Å². The van der Waals surface area contributed by atoms with E-state index in [0.717, 1.165) is 25.7 Å². The molecule has 4 nitrogen and oxygen atoms in total. The summed E-state index contributed by atoms with van der Waals surface area (Å²) in [6.45, 7) is 1.86. The van der Waals surface area contributed by atoms with Gasteiger partial charge in [0.15, 0.2) is 0 Å². The number of carbonyl (C=O) groups excluding carboxylic acids is 1. The lowest BCUT2D eigenvalue weighted by Gasteiger charge is -2.07. The van der Waals surface area contributed by atoms with E-state index in [9.17, 15) is 14.9 Å². The van der Waals surface area contributed by atoms with Crippen LogP contribution in [-0.2, 0) is 11.2 Å². The van der Waals surface area contributed by atoms with Crippen LogP contribution < -0.4 is 0 Å². The molecule has 1 aromatic carbocycles. The molecule has 110 valence electrons. The van der Waals surface area contributed by atoms with E-state index in [-0.39, 0.29) is 5.78 Å². The van der Waals surface area contributed by atoms with Crippen LogP contribution in [0.1, 0.15) is 51.0 Å². The molecule has 0 radical (unpaired) electrons. The highest BCUT2D eigenvalue weighted by Gasteiger charge is 2.27. The van der Waals surface area contributed by atoms with Crippen molar-refractivity contribution in [2.75, 3.05) is 0 Å². The molecule has 0 aliphatic heterocycles. The lowest BCUT2D eigenvalue weighted by atomic mass is 10.0. The quantitative estimate of drug-likeness (QED) is 0.371. The van der Waals surface area contributed by atoms with Crippen molar-refractivity contribution in [3.05, 3.63) is 46.0 Å². The molecule has 0 aromatic heterocycles. The minimum Gasteiger partial charge on any atom is -0.292 e. The van der Waals surface area contributed by atoms with Crippen molar-refractivity contribution >= 4 is 5.78 Å². The summed E-state index contributed by atoms with van der Waals surface area (Å²) in [5.74, 6) is -0.212. The number of hydrogen-bond donors (Lipinski definition) is 0. The van der Waals surface area contributed by atoms with E-state index >= 15 is 0 Å². The second-order valence-corrected chi connectivity index (χ2v) is 5.10. The third-order valence-electron chi connectivity index (χ3n) is 3.42. The van der Waals surface area contributed by atoms with Crippen LogP contribution in [0.3, 0.4) is 0 Å². The number of hydrogen-bond acceptors (Lipinski definition) is 3. The van der Waals surface area contributed by atoms with E-state index in [0.29, 0.717) is 19.3 Å². The highest BCUT2D eigenvalue weighted by Crippen LogP contribution is 2.11. The number of unbranched alkanes of at least 4 members (excludes halogenated alkanes) is 2. The fourth-order valence-corrected chi connectivity index (χ4v) is 2.27. The van der Waals surface area contributed by atoms with E-state index in [1.165, 1.54) is 5.56 Å². The summed E-state index contributed by atoms with van der Waals surface area (Å²) in [5, 5.41) is 10.8. The molecule has 0 saturated carbocycles. The summed E-state index contributed by atoms with van der Waals surface area (Å²) >= 11 is 0. The second kappa shape index (κ2) is 9.23. The smallest absolute Gasteiger partial charge is 0.270 e. The highest BCUT2D eigenvalue weighted by atomic mass is 16.6. The molecule has 0 aliphatic rings. The zero-order chi connectivity index (χ0) is 14.8. The predicted molar refractivity (Wildman–Crippen MR) is 79.3 cm³/mol. The predicted octanol–water partition coefficient (Wildman–Crippen LogP) is 3.80. The normalized spacial score (nSPS) is 12.1. The van der Waals surface area contributed by atoms with Gasteiger partial charge in [-0.05, 0) is 31.2 Å². The molecule has 0 amide bonds. The van der Waals surface area contributed by atoms with Crippen molar-refractivity contribution in [3.8, 4) is 0 Å². The van der Waals surface area contributed by atoms with Crippen LogP contribution in [-0.4, -0.2) is 16.7 Å². The number of rotatable bonds is 10. The molecule has 4 heteroatoms. The Kier molecular flexibility index (Phi) is 7.55. The zero-order valence-electron chi connectivity index (χ0n) is 12.1. The minimum atomic E-state index is -0.992. The molecule has 1 atom stereocenters. The van der Waals surface area contributed by atoms with E-state index < -0.39 is 11.0 Å². The number of ketones is 1. The summed E-state index contributed by atoms with van der Waals surface area (Å²) in [6, 6.07) is 9.23. The molecule has 1 aromatic rings. The molecule has 0 fully saturated rings. The average Bonchev–Trinajstić information content (AvgIpc) is 2.45. The molecular weight excluding hydrogens is 254 g/mol. The lowest BCUT2D eigenvalue weighted by Crippen LogP contribution is -2.29. The van der Waals surface area contributed by atoms with Crippen molar-refractivity contribution in [2.45, 2.75) is 57.9 Å². The van der Waals surface area contributed by atoms with Gasteiger partial charge in [0.1, 0.15) is 0 Å². The summed E-state index contributed by atoms with van der Waals surface area (Å²) in [4.78, 5) is 22.1. The van der Waals surface area contributed by atoms with Crippen LogP contribution in [0.5, 0.6) is 0 Å². The van der Waals surface area contributed by atoms with Crippen LogP contribution in [0.2, 0.25) is 0 Å². The topological polar surface area (TPSA) is 60.2 Å². The van der Waals surface area contributed by atoms with Crippen molar-refractivity contribution in [1.82, 2.24) is 0 Å². The Hall–Kier alpha value is -1.71. The Bertz CT molecular complexity index is 417. The summed E-state index contributed by atoms with van der Waals surface area (Å²) in [6.07, 6.45) is 5.08. The van der Waals surface area contributed by atoms with E-state index in [4.69, 9.17) is 0 Å². The van der Waals surface area contributed by atoms with Gasteiger partial charge in [-0.1, -0.05) is 43.7 Å². The first-order valence-corrected chi connectivity index (χ1v) is 7.35. The van der Waals surface area contributed by atoms with Gasteiger partial charge in [-0.15, -0.1) is 0 Å². The standard InChI is InChI=1S/C16H23NO3/c1-2-9-15(17(19)20)16(18)13-8-4-7-12-14-10-5-3-6-11-14/h3,5-6,10-11,15H,2,4,7-9,12-13H2,1H3. The largest absolute Gasteiger partial charge is 0.292 e. The maximum absolute atomic E-state index is 11.8. The Morgan fingerprint density at radius 2 is 1.90 bits per heavy atom. The van der Waals surface area contributed by atoms with Gasteiger partial charge >= 0.3 is 0 Å². The molecule has 0 N–H and O–H groups in total. The minimum absolute atomic E-state index is 0.212. The molecule has 20 heavy (non-hydrogen) atoms. The average molecular weight is 277 g/mol. The van der Waals surface area contributed by atoms with Crippen molar-refractivity contribution < 1.29 is 9.72 Å². The lowest BCUT2D eigenvalue weighted by molar-refractivity contribution is -0.508. The Labute approximate surface area is 120 Å². The van der Waals surface area contributed by atoms with Gasteiger partial charge in [0.2, 0.25) is 5.78 Å². The molecule has 0 heterocycles. The number of benzene rings is 1. The third kappa shape index (κ3) is 5.95. The van der Waals surface area contributed by atoms with Gasteiger partial charge in [-0.3, -0.25) is 14.9 Å².